The Morgan fingerprint density at radius 2 is 1.07 bits per heavy atom. The summed E-state index contributed by atoms with van der Waals surface area (Å²) in [5.41, 5.74) is 5.61. The minimum atomic E-state index is -0.334. The minimum absolute atomic E-state index is 0. The molecule has 10 rings (SSSR count). The van der Waals surface area contributed by atoms with Crippen LogP contribution in [-0.2, 0) is 21.1 Å². The van der Waals surface area contributed by atoms with E-state index in [2.05, 4.69) is 43.9 Å². The van der Waals surface area contributed by atoms with Gasteiger partial charge in [0.1, 0.15) is 11.5 Å². The average molecular weight is 725 g/mol. The number of imidazole rings is 2. The number of nitrogens with zero attached hydrogens (tertiary/aromatic N) is 6. The van der Waals surface area contributed by atoms with Gasteiger partial charge < -0.3 is 32.6 Å². The zero-order chi connectivity index (χ0) is 26.7. The van der Waals surface area contributed by atoms with Gasteiger partial charge in [-0.1, -0.05) is 59.7 Å². The number of hydrogen-bond acceptors (Lipinski definition) is 7. The van der Waals surface area contributed by atoms with Gasteiger partial charge in [0.05, 0.1) is 11.4 Å². The van der Waals surface area contributed by atoms with Crippen LogP contribution in [0.15, 0.2) is 97.6 Å². The van der Waals surface area contributed by atoms with E-state index >= 15 is 0 Å². The van der Waals surface area contributed by atoms with Crippen molar-refractivity contribution in [2.24, 2.45) is 0 Å². The van der Waals surface area contributed by atoms with Crippen molar-refractivity contribution < 1.29 is 35.1 Å². The zero-order valence-corrected chi connectivity index (χ0v) is 23.9. The van der Waals surface area contributed by atoms with Crippen molar-refractivity contribution in [1.82, 2.24) is 18.9 Å². The maximum atomic E-state index is 6.37. The van der Waals surface area contributed by atoms with E-state index in [9.17, 15) is 0 Å². The molecule has 0 saturated heterocycles. The van der Waals surface area contributed by atoms with Gasteiger partial charge >= 0.3 is 35.4 Å². The fraction of sp³-hybridized carbons (Fsp3) is 0. The molecule has 0 bridgehead atoms. The van der Waals surface area contributed by atoms with Gasteiger partial charge in [0.15, 0.2) is 0 Å². The normalized spacial score (nSPS) is 14.2. The standard InChI is InChI=1S/C30H16B2N6O3.Pt/c1-3-7-27-25(5-1)37-23-11-9-19(17-21(23)29-33-13-15-35(29)31(37)40-27)39-20-10-12-24-22(18-20)30-34-14-16-36(30)32-38(24)26-6-2-4-8-28(26)41-32;/h1-16H;/q-2;+2. The quantitative estimate of drug-likeness (QED) is 0.171. The first-order valence-electron chi connectivity index (χ1n) is 13.3. The maximum absolute atomic E-state index is 6.37. The number of aromatic nitrogens is 4. The van der Waals surface area contributed by atoms with Crippen molar-refractivity contribution in [2.75, 3.05) is 9.62 Å². The summed E-state index contributed by atoms with van der Waals surface area (Å²) < 4.78 is 23.0. The molecule has 0 aliphatic carbocycles. The van der Waals surface area contributed by atoms with Crippen LogP contribution in [-0.4, -0.2) is 33.3 Å². The van der Waals surface area contributed by atoms with Crippen molar-refractivity contribution in [3.8, 4) is 45.8 Å². The Labute approximate surface area is 255 Å². The molecule has 4 aromatic carbocycles. The van der Waals surface area contributed by atoms with E-state index in [0.717, 1.165) is 57.0 Å². The van der Waals surface area contributed by atoms with E-state index in [1.807, 2.05) is 82.0 Å². The molecule has 0 atom stereocenters. The Morgan fingerprint density at radius 3 is 1.57 bits per heavy atom. The smallest absolute Gasteiger partial charge is 0.522 e. The van der Waals surface area contributed by atoms with Crippen LogP contribution in [0.3, 0.4) is 0 Å². The molecule has 4 aliphatic heterocycles. The van der Waals surface area contributed by atoms with E-state index in [1.165, 1.54) is 0 Å². The van der Waals surface area contributed by atoms with Crippen molar-refractivity contribution >= 4 is 37.1 Å². The molecule has 0 spiro atoms. The van der Waals surface area contributed by atoms with Gasteiger partial charge in [-0.05, 0) is 35.6 Å². The van der Waals surface area contributed by atoms with E-state index in [4.69, 9.17) is 14.0 Å². The zero-order valence-electron chi connectivity index (χ0n) is 21.6. The Balaban J connectivity index is 0.00000250. The van der Waals surface area contributed by atoms with Crippen LogP contribution < -0.4 is 23.7 Å². The molecule has 6 heterocycles. The number of anilines is 4. The third kappa shape index (κ3) is 3.08. The summed E-state index contributed by atoms with van der Waals surface area (Å²) in [7, 11) is -0.669. The monoisotopic (exact) mass is 725 g/mol. The Hall–Kier alpha value is -4.88. The summed E-state index contributed by atoms with van der Waals surface area (Å²) in [5.74, 6) is 4.34. The van der Waals surface area contributed by atoms with Gasteiger partial charge in [-0.15, -0.1) is 12.1 Å². The van der Waals surface area contributed by atoms with Gasteiger partial charge in [0.25, 0.3) is 0 Å². The molecule has 12 heteroatoms. The molecule has 0 unspecified atom stereocenters. The van der Waals surface area contributed by atoms with Gasteiger partial charge in [-0.25, -0.2) is 0 Å². The van der Waals surface area contributed by atoms with E-state index in [0.29, 0.717) is 11.5 Å². The first-order chi connectivity index (χ1) is 20.3. The number of ether oxygens (including phenoxy) is 1. The molecule has 9 nitrogen and oxygen atoms in total. The van der Waals surface area contributed by atoms with Gasteiger partial charge in [0.2, 0.25) is 0 Å². The van der Waals surface area contributed by atoms with Crippen molar-refractivity contribution in [1.29, 1.82) is 0 Å². The van der Waals surface area contributed by atoms with Crippen LogP contribution in [0.2, 0.25) is 0 Å². The average Bonchev–Trinajstić information content (AvgIpc) is 3.80. The fourth-order valence-corrected chi connectivity index (χ4v) is 6.23. The van der Waals surface area contributed by atoms with Crippen LogP contribution >= 0.6 is 0 Å². The predicted molar refractivity (Wildman–Crippen MR) is 154 cm³/mol. The number of fused-ring (bicyclic) bond motifs is 16. The second kappa shape index (κ2) is 8.56. The molecular formula is C30H16B2N6O3Pt. The summed E-state index contributed by atoms with van der Waals surface area (Å²) in [6.07, 6.45) is 7.42. The SMILES string of the molecule is [Pt+2].[c-]1c(Oc2[c-]c3c(cc2)N2B(Oc4ccccc42)n2ccnc2-3)ccc2c1-c1nccn1B1Oc3ccccc3N12. The first-order valence-corrected chi connectivity index (χ1v) is 13.3. The molecule has 0 N–H and O–H groups in total. The van der Waals surface area contributed by atoms with Crippen molar-refractivity contribution in [3.63, 3.8) is 0 Å². The van der Waals surface area contributed by atoms with Crippen LogP contribution in [0, 0.1) is 12.1 Å². The number of benzene rings is 4. The largest absolute Gasteiger partial charge is 2.00 e. The van der Waals surface area contributed by atoms with Gasteiger partial charge in [-0.3, -0.25) is 9.97 Å². The van der Waals surface area contributed by atoms with Crippen LogP contribution in [0.4, 0.5) is 22.7 Å². The summed E-state index contributed by atoms with van der Waals surface area (Å²) in [6.45, 7) is 0. The molecule has 200 valence electrons. The molecule has 0 fully saturated rings. The summed E-state index contributed by atoms with van der Waals surface area (Å²) in [6, 6.07) is 30.9. The molecule has 0 amide bonds. The Morgan fingerprint density at radius 1 is 0.595 bits per heavy atom. The molecule has 42 heavy (non-hydrogen) atoms. The number of para-hydroxylation sites is 4. The van der Waals surface area contributed by atoms with E-state index in [-0.39, 0.29) is 35.4 Å². The minimum Gasteiger partial charge on any atom is -0.522 e. The van der Waals surface area contributed by atoms with Crippen LogP contribution in [0.1, 0.15) is 0 Å². The van der Waals surface area contributed by atoms with Crippen LogP contribution in [0.25, 0.3) is 22.8 Å². The van der Waals surface area contributed by atoms with Crippen LogP contribution in [0.5, 0.6) is 23.0 Å². The van der Waals surface area contributed by atoms with Gasteiger partial charge in [-0.2, -0.15) is 0 Å². The first kappa shape index (κ1) is 23.8. The van der Waals surface area contributed by atoms with E-state index in [1.54, 1.807) is 12.4 Å². The van der Waals surface area contributed by atoms with Crippen molar-refractivity contribution in [2.45, 2.75) is 0 Å². The summed E-state index contributed by atoms with van der Waals surface area (Å²) in [5, 5.41) is 0. The number of rotatable bonds is 2. The maximum Gasteiger partial charge on any atom is 2.00 e. The third-order valence-electron chi connectivity index (χ3n) is 7.95. The van der Waals surface area contributed by atoms with E-state index < -0.39 is 0 Å². The molecule has 4 aliphatic rings. The fourth-order valence-electron chi connectivity index (χ4n) is 6.23. The third-order valence-corrected chi connectivity index (χ3v) is 7.95. The molecule has 0 saturated carbocycles. The topological polar surface area (TPSA) is 69.8 Å². The molecule has 6 aromatic rings. The Kier molecular flexibility index (Phi) is 4.85. The molecule has 0 radical (unpaired) electrons. The summed E-state index contributed by atoms with van der Waals surface area (Å²) >= 11 is 0. The van der Waals surface area contributed by atoms with Crippen molar-refractivity contribution in [3.05, 3.63) is 110 Å². The second-order valence-corrected chi connectivity index (χ2v) is 10.1. The van der Waals surface area contributed by atoms with Gasteiger partial charge in [0, 0.05) is 47.9 Å². The molecular weight excluding hydrogens is 709 g/mol. The second-order valence-electron chi connectivity index (χ2n) is 10.1. The number of hydrogen-bond donors (Lipinski definition) is 0. The molecule has 2 aromatic heterocycles. The summed E-state index contributed by atoms with van der Waals surface area (Å²) in [4.78, 5) is 13.6. The Bertz CT molecular complexity index is 1920. The predicted octanol–water partition coefficient (Wildman–Crippen LogP) is 5.56.